The van der Waals surface area contributed by atoms with E-state index >= 15 is 4.39 Å². The lowest BCUT2D eigenvalue weighted by molar-refractivity contribution is -0.237. The number of halogens is 2. The van der Waals surface area contributed by atoms with Crippen LogP contribution in [0.3, 0.4) is 0 Å². The lowest BCUT2D eigenvalue weighted by Gasteiger charge is -2.63. The second kappa shape index (κ2) is 9.21. The van der Waals surface area contributed by atoms with Gasteiger partial charge in [0, 0.05) is 36.7 Å². The number of ether oxygens (including phenoxy) is 2. The van der Waals surface area contributed by atoms with Gasteiger partial charge in [-0.25, -0.2) is 4.39 Å². The summed E-state index contributed by atoms with van der Waals surface area (Å²) < 4.78 is 29.2. The number of Topliss-reactive ketones (excluding diaryl/α,β-unsaturated/α-hetero) is 1. The van der Waals surface area contributed by atoms with Crippen molar-refractivity contribution in [1.29, 1.82) is 0 Å². The Labute approximate surface area is 211 Å². The van der Waals surface area contributed by atoms with Crippen molar-refractivity contribution in [2.75, 3.05) is 13.0 Å². The summed E-state index contributed by atoms with van der Waals surface area (Å²) in [5.74, 6) is -2.30. The fourth-order valence-electron chi connectivity index (χ4n) is 8.20. The molecule has 3 fully saturated rings. The molecule has 0 heterocycles. The maximum Gasteiger partial charge on any atom is 0.306 e. The second-order valence-corrected chi connectivity index (χ2v) is 11.7. The number of unbranched alkanes of at least 4 members (excludes halogenated alkanes) is 1. The predicted octanol–water partition coefficient (Wildman–Crippen LogP) is 4.49. The number of hydrogen-bond donors (Lipinski definition) is 1. The Bertz CT molecular complexity index is 937. The molecule has 0 saturated heterocycles. The molecule has 8 atom stereocenters. The smallest absolute Gasteiger partial charge is 0.306 e. The van der Waals surface area contributed by atoms with E-state index in [4.69, 9.17) is 21.1 Å². The van der Waals surface area contributed by atoms with Crippen LogP contribution in [0.15, 0.2) is 11.6 Å². The average molecular weight is 513 g/mol. The molecule has 0 aromatic rings. The van der Waals surface area contributed by atoms with Gasteiger partial charge in [-0.1, -0.05) is 32.8 Å². The van der Waals surface area contributed by atoms with Crippen molar-refractivity contribution in [1.82, 2.24) is 0 Å². The number of carbonyl (C=O) groups is 3. The van der Waals surface area contributed by atoms with Gasteiger partial charge in [-0.05, 0) is 50.5 Å². The van der Waals surface area contributed by atoms with Gasteiger partial charge in [-0.2, -0.15) is 0 Å². The number of aliphatic hydroxyl groups is 1. The van der Waals surface area contributed by atoms with Crippen LogP contribution in [-0.4, -0.2) is 59.1 Å². The Hall–Kier alpha value is -1.31. The fourth-order valence-corrected chi connectivity index (χ4v) is 8.39. The van der Waals surface area contributed by atoms with Crippen molar-refractivity contribution < 1.29 is 33.4 Å². The van der Waals surface area contributed by atoms with E-state index in [9.17, 15) is 19.5 Å². The van der Waals surface area contributed by atoms with Gasteiger partial charge in [0.05, 0.1) is 12.0 Å². The number of carbonyl (C=O) groups excluding carboxylic acids is 3. The molecule has 8 heteroatoms. The van der Waals surface area contributed by atoms with Gasteiger partial charge in [-0.3, -0.25) is 14.4 Å². The first-order valence-electron chi connectivity index (χ1n) is 12.9. The zero-order valence-corrected chi connectivity index (χ0v) is 22.0. The van der Waals surface area contributed by atoms with Crippen molar-refractivity contribution in [3.8, 4) is 0 Å². The summed E-state index contributed by atoms with van der Waals surface area (Å²) >= 11 is 6.08. The summed E-state index contributed by atoms with van der Waals surface area (Å²) in [6, 6.07) is 0. The molecule has 4 aliphatic rings. The van der Waals surface area contributed by atoms with Crippen LogP contribution in [-0.2, 0) is 23.9 Å². The Morgan fingerprint density at radius 1 is 1.26 bits per heavy atom. The summed E-state index contributed by atoms with van der Waals surface area (Å²) in [6.07, 6.45) is 2.80. The van der Waals surface area contributed by atoms with Crippen molar-refractivity contribution in [2.24, 2.45) is 22.7 Å². The Balaban J connectivity index is 1.82. The Morgan fingerprint density at radius 3 is 2.60 bits per heavy atom. The molecule has 0 aliphatic heterocycles. The van der Waals surface area contributed by atoms with Crippen molar-refractivity contribution >= 4 is 29.1 Å². The highest BCUT2D eigenvalue weighted by Gasteiger charge is 2.78. The molecule has 35 heavy (non-hydrogen) atoms. The van der Waals surface area contributed by atoms with Crippen LogP contribution < -0.4 is 0 Å². The van der Waals surface area contributed by atoms with Gasteiger partial charge in [0.25, 0.3) is 0 Å². The van der Waals surface area contributed by atoms with Gasteiger partial charge in [-0.15, -0.1) is 11.6 Å². The zero-order chi connectivity index (χ0) is 25.8. The number of alkyl halides is 2. The van der Waals surface area contributed by atoms with E-state index in [0.717, 1.165) is 12.0 Å². The maximum atomic E-state index is 17.4. The summed E-state index contributed by atoms with van der Waals surface area (Å²) in [6.45, 7) is 5.62. The van der Waals surface area contributed by atoms with Crippen molar-refractivity contribution in [3.63, 3.8) is 0 Å². The highest BCUT2D eigenvalue weighted by atomic mass is 35.5. The third kappa shape index (κ3) is 3.51. The largest absolute Gasteiger partial charge is 0.448 e. The molecule has 4 aliphatic carbocycles. The highest BCUT2D eigenvalue weighted by molar-refractivity contribution is 6.29. The fraction of sp³-hybridized carbons (Fsp3) is 0.815. The topological polar surface area (TPSA) is 89.9 Å². The van der Waals surface area contributed by atoms with Crippen LogP contribution in [0.5, 0.6) is 0 Å². The van der Waals surface area contributed by atoms with Crippen LogP contribution in [0, 0.1) is 22.7 Å². The summed E-state index contributed by atoms with van der Waals surface area (Å²) in [7, 11) is 1.47. The summed E-state index contributed by atoms with van der Waals surface area (Å²) in [5.41, 5.74) is -4.91. The maximum absolute atomic E-state index is 17.4. The van der Waals surface area contributed by atoms with Crippen molar-refractivity contribution in [3.05, 3.63) is 11.6 Å². The minimum atomic E-state index is -1.97. The minimum Gasteiger partial charge on any atom is -0.448 e. The van der Waals surface area contributed by atoms with Gasteiger partial charge < -0.3 is 14.6 Å². The monoisotopic (exact) mass is 512 g/mol. The van der Waals surface area contributed by atoms with E-state index in [-0.39, 0.29) is 36.8 Å². The number of rotatable bonds is 7. The SMILES string of the molecule is CCCCC(=O)O[C@]1(C(=O)CCl)[C@H](OC)C[C@H]2[C@@H]3CCC4=CC(=O)CC[C@]4(C)[C@@]3(F)[C@@H](O)C[C@@]21C. The molecular weight excluding hydrogens is 475 g/mol. The number of methoxy groups -OCH3 is 1. The molecule has 0 unspecified atom stereocenters. The summed E-state index contributed by atoms with van der Waals surface area (Å²) in [5, 5.41) is 11.6. The molecule has 6 nitrogen and oxygen atoms in total. The molecule has 1 N–H and O–H groups in total. The lowest BCUT2D eigenvalue weighted by atomic mass is 9.44. The van der Waals surface area contributed by atoms with Gasteiger partial charge >= 0.3 is 5.97 Å². The normalized spacial score (nSPS) is 44.7. The van der Waals surface area contributed by atoms with Gasteiger partial charge in [0.15, 0.2) is 11.6 Å². The van der Waals surface area contributed by atoms with E-state index < -0.39 is 52.0 Å². The predicted molar refractivity (Wildman–Crippen MR) is 129 cm³/mol. The van der Waals surface area contributed by atoms with E-state index in [2.05, 4.69) is 0 Å². The molecule has 196 valence electrons. The molecule has 0 radical (unpaired) electrons. The van der Waals surface area contributed by atoms with Crippen LogP contribution in [0.1, 0.15) is 78.6 Å². The third-order valence-corrected chi connectivity index (χ3v) is 10.3. The number of ketones is 2. The molecule has 4 rings (SSSR count). The zero-order valence-electron chi connectivity index (χ0n) is 21.2. The van der Waals surface area contributed by atoms with Crippen molar-refractivity contribution in [2.45, 2.75) is 102 Å². The molecule has 0 spiro atoms. The first-order valence-corrected chi connectivity index (χ1v) is 13.4. The number of allylic oxidation sites excluding steroid dienone is 1. The minimum absolute atomic E-state index is 0.000642. The van der Waals surface area contributed by atoms with Crippen LogP contribution in [0.4, 0.5) is 4.39 Å². The molecule has 0 bridgehead atoms. The molecule has 3 saturated carbocycles. The van der Waals surface area contributed by atoms with E-state index in [0.29, 0.717) is 32.1 Å². The number of esters is 1. The quantitative estimate of drug-likeness (QED) is 0.399. The first kappa shape index (κ1) is 26.7. The van der Waals surface area contributed by atoms with Crippen LogP contribution in [0.2, 0.25) is 0 Å². The van der Waals surface area contributed by atoms with Gasteiger partial charge in [0.2, 0.25) is 5.60 Å². The average Bonchev–Trinajstić information content (AvgIpc) is 3.06. The number of aliphatic hydroxyl groups excluding tert-OH is 1. The van der Waals surface area contributed by atoms with Crippen LogP contribution in [0.25, 0.3) is 0 Å². The molecular formula is C27H38ClFO6. The second-order valence-electron chi connectivity index (χ2n) is 11.5. The standard InChI is InChI=1S/C27H38ClFO6/c1-5-6-7-23(33)35-27(21(32)15-28)22(34-4)13-19-18-9-8-16-12-17(30)10-11-24(16,2)26(18,29)20(31)14-25(19,27)3/h12,18-20,22,31H,5-11,13-15H2,1-4H3/t18-,19-,20-,22+,24-,25-,26-,27+/m0/s1. The number of hydrogen-bond acceptors (Lipinski definition) is 6. The van der Waals surface area contributed by atoms with E-state index in [1.54, 1.807) is 6.08 Å². The summed E-state index contributed by atoms with van der Waals surface area (Å²) in [4.78, 5) is 38.6. The molecule has 0 amide bonds. The van der Waals surface area contributed by atoms with E-state index in [1.165, 1.54) is 7.11 Å². The number of fused-ring (bicyclic) bond motifs is 5. The Morgan fingerprint density at radius 2 is 1.97 bits per heavy atom. The Kier molecular flexibility index (Phi) is 7.04. The highest BCUT2D eigenvalue weighted by Crippen LogP contribution is 2.71. The van der Waals surface area contributed by atoms with Gasteiger partial charge in [0.1, 0.15) is 11.8 Å². The first-order chi connectivity index (χ1) is 16.5. The third-order valence-electron chi connectivity index (χ3n) is 10.0. The molecule has 0 aromatic heterocycles. The van der Waals surface area contributed by atoms with Crippen LogP contribution >= 0.6 is 11.6 Å². The molecule has 0 aromatic carbocycles. The van der Waals surface area contributed by atoms with E-state index in [1.807, 2.05) is 20.8 Å². The lowest BCUT2D eigenvalue weighted by Crippen LogP contribution is -2.70.